The first-order valence-electron chi connectivity index (χ1n) is 6.44. The molecule has 5 nitrogen and oxygen atoms in total. The van der Waals surface area contributed by atoms with E-state index < -0.39 is 0 Å². The Morgan fingerprint density at radius 1 is 1.14 bits per heavy atom. The van der Waals surface area contributed by atoms with E-state index in [0.717, 1.165) is 11.1 Å². The molecule has 22 heavy (non-hydrogen) atoms. The molecule has 0 fully saturated rings. The fourth-order valence-corrected chi connectivity index (χ4v) is 2.99. The van der Waals surface area contributed by atoms with Gasteiger partial charge in [0.1, 0.15) is 11.3 Å². The molecule has 0 spiro atoms. The Hall–Kier alpha value is -2.11. The molecule has 0 saturated heterocycles. The molecule has 0 bridgehead atoms. The average Bonchev–Trinajstić information content (AvgIpc) is 2.48. The van der Waals surface area contributed by atoms with Crippen LogP contribution in [0.2, 0.25) is 10.0 Å². The SMILES string of the molecule is COc1ccc(Cl)c(-c2cc(C)c3nc(N)nnc3c2)c1Cl. The van der Waals surface area contributed by atoms with Crippen molar-refractivity contribution in [2.24, 2.45) is 0 Å². The largest absolute Gasteiger partial charge is 0.495 e. The van der Waals surface area contributed by atoms with Crippen LogP contribution < -0.4 is 10.5 Å². The first-order valence-corrected chi connectivity index (χ1v) is 7.19. The van der Waals surface area contributed by atoms with E-state index in [-0.39, 0.29) is 5.95 Å². The van der Waals surface area contributed by atoms with Gasteiger partial charge < -0.3 is 10.5 Å². The number of nitrogens with two attached hydrogens (primary N) is 1. The van der Waals surface area contributed by atoms with Gasteiger partial charge in [-0.15, -0.1) is 10.2 Å². The molecule has 112 valence electrons. The predicted octanol–water partition coefficient (Wildman–Crippen LogP) is 3.90. The maximum atomic E-state index is 6.40. The highest BCUT2D eigenvalue weighted by atomic mass is 35.5. The summed E-state index contributed by atoms with van der Waals surface area (Å²) in [5, 5.41) is 8.84. The minimum absolute atomic E-state index is 0.140. The summed E-state index contributed by atoms with van der Waals surface area (Å²) in [6.45, 7) is 1.92. The van der Waals surface area contributed by atoms with Crippen LogP contribution >= 0.6 is 23.2 Å². The van der Waals surface area contributed by atoms with Crippen LogP contribution in [0.15, 0.2) is 24.3 Å². The molecule has 0 aliphatic carbocycles. The van der Waals surface area contributed by atoms with Crippen LogP contribution in [0, 0.1) is 6.92 Å². The summed E-state index contributed by atoms with van der Waals surface area (Å²) in [5.74, 6) is 0.695. The lowest BCUT2D eigenvalue weighted by molar-refractivity contribution is 0.415. The molecule has 3 aromatic rings. The number of halogens is 2. The molecule has 0 aliphatic heterocycles. The number of nitrogen functional groups attached to an aromatic ring is 1. The van der Waals surface area contributed by atoms with E-state index in [4.69, 9.17) is 33.7 Å². The molecule has 2 N–H and O–H groups in total. The van der Waals surface area contributed by atoms with Crippen LogP contribution in [0.3, 0.4) is 0 Å². The zero-order valence-corrected chi connectivity index (χ0v) is 13.4. The Kier molecular flexibility index (Phi) is 3.76. The smallest absolute Gasteiger partial charge is 0.240 e. The van der Waals surface area contributed by atoms with Crippen molar-refractivity contribution in [3.05, 3.63) is 39.9 Å². The third kappa shape index (κ3) is 2.42. The van der Waals surface area contributed by atoms with Gasteiger partial charge in [0.25, 0.3) is 0 Å². The van der Waals surface area contributed by atoms with Gasteiger partial charge in [0, 0.05) is 5.56 Å². The molecular weight excluding hydrogens is 323 g/mol. The van der Waals surface area contributed by atoms with Gasteiger partial charge in [-0.2, -0.15) is 0 Å². The van der Waals surface area contributed by atoms with E-state index >= 15 is 0 Å². The number of methoxy groups -OCH3 is 1. The van der Waals surface area contributed by atoms with Crippen molar-refractivity contribution in [2.45, 2.75) is 6.92 Å². The van der Waals surface area contributed by atoms with Crippen molar-refractivity contribution < 1.29 is 4.74 Å². The Balaban J connectivity index is 2.30. The lowest BCUT2D eigenvalue weighted by atomic mass is 10.0. The quantitative estimate of drug-likeness (QED) is 0.769. The van der Waals surface area contributed by atoms with Gasteiger partial charge in [0.15, 0.2) is 0 Å². The van der Waals surface area contributed by atoms with Crippen molar-refractivity contribution in [2.75, 3.05) is 12.8 Å². The predicted molar refractivity (Wildman–Crippen MR) is 88.5 cm³/mol. The Labute approximate surface area is 137 Å². The second-order valence-electron chi connectivity index (χ2n) is 4.77. The van der Waals surface area contributed by atoms with Crippen LogP contribution in [-0.2, 0) is 0 Å². The first kappa shape index (κ1) is 14.8. The number of aromatic nitrogens is 3. The highest BCUT2D eigenvalue weighted by molar-refractivity contribution is 6.40. The summed E-state index contributed by atoms with van der Waals surface area (Å²) in [6.07, 6.45) is 0. The third-order valence-corrected chi connectivity index (χ3v) is 4.02. The second-order valence-corrected chi connectivity index (χ2v) is 5.55. The van der Waals surface area contributed by atoms with Gasteiger partial charge in [-0.05, 0) is 42.3 Å². The van der Waals surface area contributed by atoms with Gasteiger partial charge in [-0.3, -0.25) is 0 Å². The maximum Gasteiger partial charge on any atom is 0.240 e. The Bertz CT molecular complexity index is 883. The van der Waals surface area contributed by atoms with Crippen LogP contribution in [0.25, 0.3) is 22.2 Å². The summed E-state index contributed by atoms with van der Waals surface area (Å²) < 4.78 is 5.25. The van der Waals surface area contributed by atoms with Crippen molar-refractivity contribution in [1.82, 2.24) is 15.2 Å². The van der Waals surface area contributed by atoms with E-state index in [2.05, 4.69) is 15.2 Å². The molecule has 3 rings (SSSR count). The van der Waals surface area contributed by atoms with Crippen molar-refractivity contribution in [1.29, 1.82) is 0 Å². The minimum Gasteiger partial charge on any atom is -0.495 e. The molecule has 1 heterocycles. The number of aryl methyl sites for hydroxylation is 1. The fourth-order valence-electron chi connectivity index (χ4n) is 2.32. The Morgan fingerprint density at radius 3 is 2.64 bits per heavy atom. The first-order chi connectivity index (χ1) is 10.5. The molecular formula is C15H12Cl2N4O. The van der Waals surface area contributed by atoms with Gasteiger partial charge in [-0.25, -0.2) is 4.98 Å². The molecule has 1 aromatic heterocycles. The molecule has 0 saturated carbocycles. The number of hydrogen-bond acceptors (Lipinski definition) is 5. The van der Waals surface area contributed by atoms with Crippen molar-refractivity contribution >= 4 is 40.2 Å². The number of rotatable bonds is 2. The molecule has 0 unspecified atom stereocenters. The molecule has 0 amide bonds. The molecule has 0 aliphatic rings. The van der Waals surface area contributed by atoms with E-state index in [9.17, 15) is 0 Å². The average molecular weight is 335 g/mol. The number of fused-ring (bicyclic) bond motifs is 1. The Morgan fingerprint density at radius 2 is 1.91 bits per heavy atom. The van der Waals surface area contributed by atoms with Crippen molar-refractivity contribution in [3.8, 4) is 16.9 Å². The van der Waals surface area contributed by atoms with Crippen LogP contribution in [-0.4, -0.2) is 22.3 Å². The summed E-state index contributed by atoms with van der Waals surface area (Å²) >= 11 is 12.7. The normalized spacial score (nSPS) is 10.9. The van der Waals surface area contributed by atoms with Crippen LogP contribution in [0.5, 0.6) is 5.75 Å². The second kappa shape index (κ2) is 5.59. The maximum absolute atomic E-state index is 6.40. The number of anilines is 1. The number of hydrogen-bond donors (Lipinski definition) is 1. The minimum atomic E-state index is 0.140. The van der Waals surface area contributed by atoms with E-state index in [1.165, 1.54) is 0 Å². The highest BCUT2D eigenvalue weighted by Gasteiger charge is 2.15. The van der Waals surface area contributed by atoms with Crippen molar-refractivity contribution in [3.63, 3.8) is 0 Å². The highest BCUT2D eigenvalue weighted by Crippen LogP contribution is 2.41. The lowest BCUT2D eigenvalue weighted by Gasteiger charge is -2.12. The summed E-state index contributed by atoms with van der Waals surface area (Å²) in [5.41, 5.74) is 9.32. The third-order valence-electron chi connectivity index (χ3n) is 3.33. The summed E-state index contributed by atoms with van der Waals surface area (Å²) in [7, 11) is 1.56. The topological polar surface area (TPSA) is 73.9 Å². The van der Waals surface area contributed by atoms with Crippen LogP contribution in [0.4, 0.5) is 5.95 Å². The van der Waals surface area contributed by atoms with Gasteiger partial charge >= 0.3 is 0 Å². The monoisotopic (exact) mass is 334 g/mol. The van der Waals surface area contributed by atoms with Crippen LogP contribution in [0.1, 0.15) is 5.56 Å². The van der Waals surface area contributed by atoms with Gasteiger partial charge in [-0.1, -0.05) is 23.2 Å². The summed E-state index contributed by atoms with van der Waals surface area (Å²) in [6, 6.07) is 7.23. The molecule has 0 radical (unpaired) electrons. The standard InChI is InChI=1S/C15H12Cl2N4O/c1-7-5-8(6-10-14(7)19-15(18)21-20-10)12-9(16)3-4-11(22-2)13(12)17/h3-6H,1-2H3,(H2,18,19,21). The number of ether oxygens (including phenoxy) is 1. The van der Waals surface area contributed by atoms with Gasteiger partial charge in [0.2, 0.25) is 5.95 Å². The number of nitrogens with zero attached hydrogens (tertiary/aromatic N) is 3. The van der Waals surface area contributed by atoms with E-state index in [1.54, 1.807) is 19.2 Å². The zero-order chi connectivity index (χ0) is 15.9. The van der Waals surface area contributed by atoms with Gasteiger partial charge in [0.05, 0.1) is 22.7 Å². The molecule has 2 aromatic carbocycles. The summed E-state index contributed by atoms with van der Waals surface area (Å²) in [4.78, 5) is 4.20. The molecule has 7 heteroatoms. The van der Waals surface area contributed by atoms with E-state index in [1.807, 2.05) is 19.1 Å². The fraction of sp³-hybridized carbons (Fsp3) is 0.133. The lowest BCUT2D eigenvalue weighted by Crippen LogP contribution is -1.99. The van der Waals surface area contributed by atoms with E-state index in [0.29, 0.717) is 32.4 Å². The zero-order valence-electron chi connectivity index (χ0n) is 11.9. The number of benzene rings is 2. The molecule has 0 atom stereocenters.